The van der Waals surface area contributed by atoms with Gasteiger partial charge in [0.1, 0.15) is 0 Å². The van der Waals surface area contributed by atoms with E-state index in [0.717, 1.165) is 11.1 Å². The molecule has 1 aliphatic heterocycles. The van der Waals surface area contributed by atoms with Gasteiger partial charge in [-0.05, 0) is 13.0 Å². The van der Waals surface area contributed by atoms with Crippen LogP contribution in [0.25, 0.3) is 5.57 Å². The van der Waals surface area contributed by atoms with Crippen LogP contribution < -0.4 is 0 Å². The standard InChI is InChI=1S/C20H18NO4.HI.Zn/c1-2-24-19(22)17-10-6-9-16(13-17)18(15-7-4-3-5-8-15)14-21-11-12-25-20(21)23;;/h3-10,13H,2,11-12H2,1H3;1H;/q-1;;+2/p-1. The molecule has 0 unspecified atom stereocenters. The molecule has 1 amide bonds. The fourth-order valence-electron chi connectivity index (χ4n) is 2.55. The topological polar surface area (TPSA) is 55.8 Å². The van der Waals surface area contributed by atoms with E-state index >= 15 is 0 Å². The van der Waals surface area contributed by atoms with Crippen molar-refractivity contribution in [3.8, 4) is 0 Å². The third-order valence-corrected chi connectivity index (χ3v) is 3.73. The van der Waals surface area contributed by atoms with E-state index in [4.69, 9.17) is 9.47 Å². The van der Waals surface area contributed by atoms with Crippen LogP contribution in [0.15, 0.2) is 54.6 Å². The number of hydrogen-bond acceptors (Lipinski definition) is 4. The molecule has 2 aromatic carbocycles. The van der Waals surface area contributed by atoms with Crippen molar-refractivity contribution in [2.24, 2.45) is 0 Å². The van der Waals surface area contributed by atoms with Crippen molar-refractivity contribution in [1.82, 2.24) is 4.90 Å². The summed E-state index contributed by atoms with van der Waals surface area (Å²) in [6, 6.07) is 16.7. The van der Waals surface area contributed by atoms with Gasteiger partial charge in [-0.2, -0.15) is 0 Å². The van der Waals surface area contributed by atoms with Crippen molar-refractivity contribution in [2.75, 3.05) is 19.8 Å². The number of carbonyl (C=O) groups is 2. The second kappa shape index (κ2) is 11.2. The molecular weight excluding hydrogens is 511 g/mol. The number of benzene rings is 2. The van der Waals surface area contributed by atoms with Crippen LogP contribution in [0.5, 0.6) is 0 Å². The SMILES string of the molecule is CCOC(=O)c1cccc(C(=[C-]N2CCOC2=O)c2ccccc2)c1.[Zn+][I]. The number of nitrogens with zero attached hydrogens (tertiary/aromatic N) is 1. The maximum absolute atomic E-state index is 12.0. The molecule has 0 radical (unpaired) electrons. The van der Waals surface area contributed by atoms with Crippen LogP contribution in [0.3, 0.4) is 0 Å². The summed E-state index contributed by atoms with van der Waals surface area (Å²) in [6.07, 6.45) is 2.70. The molecule has 5 nitrogen and oxygen atoms in total. The van der Waals surface area contributed by atoms with Gasteiger partial charge in [0.2, 0.25) is 0 Å². The first-order valence-corrected chi connectivity index (χ1v) is 17.4. The maximum atomic E-state index is 12.0. The minimum absolute atomic E-state index is 0.316. The summed E-state index contributed by atoms with van der Waals surface area (Å²) < 4.78 is 10.0. The molecule has 1 saturated heterocycles. The Labute approximate surface area is 179 Å². The zero-order valence-corrected chi connectivity index (χ0v) is 20.1. The van der Waals surface area contributed by atoms with Crippen LogP contribution in [0, 0.1) is 6.20 Å². The van der Waals surface area contributed by atoms with Crippen molar-refractivity contribution >= 4 is 37.4 Å². The first-order chi connectivity index (χ1) is 13.2. The zero-order valence-electron chi connectivity index (χ0n) is 15.0. The van der Waals surface area contributed by atoms with Crippen LogP contribution in [0.1, 0.15) is 28.4 Å². The predicted octanol–water partition coefficient (Wildman–Crippen LogP) is 4.39. The predicted molar refractivity (Wildman–Crippen MR) is 107 cm³/mol. The van der Waals surface area contributed by atoms with Gasteiger partial charge in [-0.1, -0.05) is 65.9 Å². The average Bonchev–Trinajstić information content (AvgIpc) is 3.13. The number of carbonyl (C=O) groups excluding carboxylic acids is 2. The average molecular weight is 529 g/mol. The van der Waals surface area contributed by atoms with Crippen LogP contribution in [-0.2, 0) is 24.3 Å². The summed E-state index contributed by atoms with van der Waals surface area (Å²) in [5.41, 5.74) is 2.84. The third kappa shape index (κ3) is 5.88. The van der Waals surface area contributed by atoms with Crippen molar-refractivity contribution in [1.29, 1.82) is 0 Å². The molecule has 0 bridgehead atoms. The van der Waals surface area contributed by atoms with Crippen LogP contribution >= 0.6 is 19.8 Å². The van der Waals surface area contributed by atoms with Gasteiger partial charge in [0.15, 0.2) is 0 Å². The molecule has 1 fully saturated rings. The van der Waals surface area contributed by atoms with Crippen LogP contribution in [-0.4, -0.2) is 36.7 Å². The molecule has 2 aromatic rings. The van der Waals surface area contributed by atoms with E-state index in [-0.39, 0.29) is 5.97 Å². The molecule has 0 spiro atoms. The molecule has 0 atom stereocenters. The molecule has 3 rings (SSSR count). The Morgan fingerprint density at radius 2 is 1.81 bits per heavy atom. The normalized spacial score (nSPS) is 13.6. The summed E-state index contributed by atoms with van der Waals surface area (Å²) in [7, 11) is 0. The minimum atomic E-state index is -0.421. The number of esters is 1. The van der Waals surface area contributed by atoms with E-state index < -0.39 is 6.09 Å². The molecule has 27 heavy (non-hydrogen) atoms. The van der Waals surface area contributed by atoms with Gasteiger partial charge in [0, 0.05) is 6.54 Å². The van der Waals surface area contributed by atoms with E-state index in [2.05, 4.69) is 26.0 Å². The number of rotatable bonds is 5. The monoisotopic (exact) mass is 527 g/mol. The van der Waals surface area contributed by atoms with Crippen LogP contribution in [0.4, 0.5) is 4.79 Å². The summed E-state index contributed by atoms with van der Waals surface area (Å²) in [5, 5.41) is 0. The number of cyclic esters (lactones) is 1. The van der Waals surface area contributed by atoms with Gasteiger partial charge < -0.3 is 14.4 Å². The van der Waals surface area contributed by atoms with Crippen molar-refractivity contribution in [3.63, 3.8) is 0 Å². The molecule has 0 aromatic heterocycles. The number of ether oxygens (including phenoxy) is 2. The van der Waals surface area contributed by atoms with Gasteiger partial charge in [-0.3, -0.25) is 4.79 Å². The zero-order chi connectivity index (χ0) is 19.6. The number of halogens is 1. The van der Waals surface area contributed by atoms with E-state index in [9.17, 15) is 9.59 Å². The van der Waals surface area contributed by atoms with E-state index in [1.54, 1.807) is 25.1 Å². The van der Waals surface area contributed by atoms with Gasteiger partial charge in [-0.15, -0.1) is 5.57 Å². The number of hydrogen-bond donors (Lipinski definition) is 0. The Hall–Kier alpha value is -1.73. The van der Waals surface area contributed by atoms with Crippen LogP contribution in [0.2, 0.25) is 0 Å². The summed E-state index contributed by atoms with van der Waals surface area (Å²) in [6.45, 7) is 2.88. The van der Waals surface area contributed by atoms with Gasteiger partial charge in [0.05, 0.1) is 18.8 Å². The molecule has 136 valence electrons. The fraction of sp³-hybridized carbons (Fsp3) is 0.200. The molecular formula is C20H18INO4Zn. The number of amides is 1. The molecule has 0 N–H and O–H groups in total. The second-order valence-electron chi connectivity index (χ2n) is 5.42. The molecule has 7 heteroatoms. The van der Waals surface area contributed by atoms with E-state index in [0.29, 0.717) is 30.9 Å². The Kier molecular flexibility index (Phi) is 8.94. The first kappa shape index (κ1) is 21.6. The second-order valence-corrected chi connectivity index (χ2v) is 5.42. The van der Waals surface area contributed by atoms with E-state index in [1.807, 2.05) is 36.4 Å². The molecule has 1 aliphatic rings. The Bertz CT molecular complexity index is 811. The summed E-state index contributed by atoms with van der Waals surface area (Å²) >= 11 is 3.62. The Balaban J connectivity index is 0.00000126. The summed E-state index contributed by atoms with van der Waals surface area (Å²) in [5.74, 6) is -0.377. The van der Waals surface area contributed by atoms with Crippen molar-refractivity contribution in [2.45, 2.75) is 6.92 Å². The Morgan fingerprint density at radius 3 is 2.44 bits per heavy atom. The quantitative estimate of drug-likeness (QED) is 0.250. The van der Waals surface area contributed by atoms with Gasteiger partial charge in [0.25, 0.3) is 0 Å². The summed E-state index contributed by atoms with van der Waals surface area (Å²) in [4.78, 5) is 25.2. The molecule has 0 saturated carbocycles. The molecule has 0 aliphatic carbocycles. The van der Waals surface area contributed by atoms with Crippen molar-refractivity contribution in [3.05, 3.63) is 77.5 Å². The fourth-order valence-corrected chi connectivity index (χ4v) is 2.55. The van der Waals surface area contributed by atoms with Crippen molar-refractivity contribution < 1.29 is 33.9 Å². The van der Waals surface area contributed by atoms with Gasteiger partial charge in [-0.25, -0.2) is 4.79 Å². The first-order valence-electron chi connectivity index (χ1n) is 8.36. The van der Waals surface area contributed by atoms with E-state index in [1.165, 1.54) is 19.7 Å². The third-order valence-electron chi connectivity index (χ3n) is 3.73. The van der Waals surface area contributed by atoms with Gasteiger partial charge >= 0.3 is 46.6 Å². The molecule has 1 heterocycles. The Morgan fingerprint density at radius 1 is 1.15 bits per heavy atom.